The van der Waals surface area contributed by atoms with E-state index >= 15 is 0 Å². The molecule has 0 aromatic heterocycles. The highest BCUT2D eigenvalue weighted by molar-refractivity contribution is 9.09. The van der Waals surface area contributed by atoms with Gasteiger partial charge in [0.1, 0.15) is 0 Å². The largest absolute Gasteiger partial charge is 0.301 e. The van der Waals surface area contributed by atoms with Gasteiger partial charge in [0.05, 0.1) is 16.5 Å². The second-order valence-electron chi connectivity index (χ2n) is 5.30. The number of anilines is 1. The van der Waals surface area contributed by atoms with Gasteiger partial charge >= 0.3 is 0 Å². The Kier molecular flexibility index (Phi) is 5.41. The Bertz CT molecular complexity index is 438. The summed E-state index contributed by atoms with van der Waals surface area (Å²) in [4.78, 5) is 13.8. The van der Waals surface area contributed by atoms with E-state index in [4.69, 9.17) is 0 Å². The maximum absolute atomic E-state index is 12.0. The van der Waals surface area contributed by atoms with Crippen molar-refractivity contribution in [2.75, 3.05) is 15.7 Å². The second kappa shape index (κ2) is 6.20. The maximum Gasteiger partial charge on any atom is 0.238 e. The lowest BCUT2D eigenvalue weighted by atomic mass is 9.84. The lowest BCUT2D eigenvalue weighted by Gasteiger charge is -2.30. The van der Waals surface area contributed by atoms with Crippen LogP contribution in [0.2, 0.25) is 0 Å². The predicted molar refractivity (Wildman–Crippen MR) is 85.0 cm³/mol. The number of amides is 1. The molecule has 0 radical (unpaired) electrons. The second-order valence-corrected chi connectivity index (χ2v) is 6.36. The van der Waals surface area contributed by atoms with Gasteiger partial charge in [0.15, 0.2) is 0 Å². The molecule has 0 saturated carbocycles. The fourth-order valence-corrected chi connectivity index (χ4v) is 2.78. The van der Waals surface area contributed by atoms with Crippen molar-refractivity contribution in [2.24, 2.45) is 0 Å². The maximum atomic E-state index is 12.0. The number of carbonyl (C=O) groups excluding carboxylic acids is 1. The van der Waals surface area contributed by atoms with Gasteiger partial charge in [-0.3, -0.25) is 4.79 Å². The van der Waals surface area contributed by atoms with Crippen LogP contribution in [0.25, 0.3) is 0 Å². The average Bonchev–Trinajstić information content (AvgIpc) is 2.30. The van der Waals surface area contributed by atoms with Gasteiger partial charge in [0.25, 0.3) is 0 Å². The van der Waals surface area contributed by atoms with Crippen LogP contribution in [-0.4, -0.2) is 16.7 Å². The molecular weight excluding hydrogens is 358 g/mol. The summed E-state index contributed by atoms with van der Waals surface area (Å²) in [7, 11) is 0. The van der Waals surface area contributed by atoms with Crippen molar-refractivity contribution < 1.29 is 4.79 Å². The number of carbonyl (C=O) groups is 1. The topological polar surface area (TPSA) is 20.3 Å². The van der Waals surface area contributed by atoms with Crippen molar-refractivity contribution in [2.45, 2.75) is 33.1 Å². The summed E-state index contributed by atoms with van der Waals surface area (Å²) in [5.74, 6) is 0.0617. The molecule has 4 heteroatoms. The van der Waals surface area contributed by atoms with E-state index in [-0.39, 0.29) is 11.3 Å². The highest BCUT2D eigenvalue weighted by Crippen LogP contribution is 2.35. The minimum Gasteiger partial charge on any atom is -0.301 e. The van der Waals surface area contributed by atoms with Crippen LogP contribution in [0.5, 0.6) is 0 Å². The smallest absolute Gasteiger partial charge is 0.238 e. The van der Waals surface area contributed by atoms with Crippen molar-refractivity contribution in [1.82, 2.24) is 0 Å². The molecule has 18 heavy (non-hydrogen) atoms. The third-order valence-electron chi connectivity index (χ3n) is 2.85. The van der Waals surface area contributed by atoms with Crippen LogP contribution >= 0.6 is 31.9 Å². The van der Waals surface area contributed by atoms with Crippen LogP contribution in [0.15, 0.2) is 18.2 Å². The van der Waals surface area contributed by atoms with Crippen molar-refractivity contribution in [1.29, 1.82) is 0 Å². The number of hydrogen-bond donors (Lipinski definition) is 0. The van der Waals surface area contributed by atoms with Crippen LogP contribution in [0.4, 0.5) is 5.69 Å². The van der Waals surface area contributed by atoms with Crippen LogP contribution in [0.3, 0.4) is 0 Å². The van der Waals surface area contributed by atoms with E-state index in [0.717, 1.165) is 11.3 Å². The first-order valence-corrected chi connectivity index (χ1v) is 8.09. The Morgan fingerprint density at radius 3 is 2.33 bits per heavy atom. The van der Waals surface area contributed by atoms with Gasteiger partial charge in [-0.25, -0.2) is 0 Å². The molecule has 0 aliphatic heterocycles. The van der Waals surface area contributed by atoms with Gasteiger partial charge in [-0.15, -0.1) is 0 Å². The molecule has 0 N–H and O–H groups in total. The summed E-state index contributed by atoms with van der Waals surface area (Å²) in [6.45, 7) is 8.53. The zero-order valence-corrected chi connectivity index (χ0v) is 14.4. The summed E-state index contributed by atoms with van der Waals surface area (Å²) in [5.41, 5.74) is 3.85. The van der Waals surface area contributed by atoms with Crippen molar-refractivity contribution in [3.63, 3.8) is 0 Å². The summed E-state index contributed by atoms with van der Waals surface area (Å²) >= 11 is 6.65. The zero-order chi connectivity index (χ0) is 13.9. The Labute approximate surface area is 126 Å². The first-order chi connectivity index (χ1) is 8.32. The SMILES string of the molecule is Cc1cccc(C(C)(C)C)c1N(CBr)C(=O)CBr. The van der Waals surface area contributed by atoms with E-state index in [2.05, 4.69) is 58.7 Å². The molecular formula is C14H19Br2NO. The van der Waals surface area contributed by atoms with Gasteiger partial charge < -0.3 is 4.90 Å². The molecule has 1 aromatic carbocycles. The molecule has 0 aliphatic carbocycles. The third-order valence-corrected chi connectivity index (χ3v) is 3.83. The van der Waals surface area contributed by atoms with E-state index in [1.54, 1.807) is 4.90 Å². The Morgan fingerprint density at radius 1 is 1.28 bits per heavy atom. The first-order valence-electron chi connectivity index (χ1n) is 5.85. The highest BCUT2D eigenvalue weighted by atomic mass is 79.9. The average molecular weight is 377 g/mol. The van der Waals surface area contributed by atoms with Crippen LogP contribution in [0, 0.1) is 6.92 Å². The number of rotatable bonds is 3. The van der Waals surface area contributed by atoms with Crippen molar-refractivity contribution in [3.8, 4) is 0 Å². The molecule has 1 amide bonds. The Hall–Kier alpha value is -0.350. The number of benzene rings is 1. The highest BCUT2D eigenvalue weighted by Gasteiger charge is 2.24. The summed E-state index contributed by atoms with van der Waals surface area (Å²) in [5, 5.41) is 0.330. The number of hydrogen-bond acceptors (Lipinski definition) is 1. The minimum atomic E-state index is 0.00830. The van der Waals surface area contributed by atoms with Gasteiger partial charge in [-0.05, 0) is 23.5 Å². The molecule has 100 valence electrons. The van der Waals surface area contributed by atoms with Gasteiger partial charge in [-0.1, -0.05) is 70.8 Å². The van der Waals surface area contributed by atoms with E-state index in [9.17, 15) is 4.79 Å². The van der Waals surface area contributed by atoms with E-state index in [1.165, 1.54) is 5.56 Å². The van der Waals surface area contributed by atoms with Gasteiger partial charge in [-0.2, -0.15) is 0 Å². The summed E-state index contributed by atoms with van der Waals surface area (Å²) in [6, 6.07) is 6.19. The van der Waals surface area contributed by atoms with Gasteiger partial charge in [0.2, 0.25) is 5.91 Å². The fourth-order valence-electron chi connectivity index (χ4n) is 1.95. The van der Waals surface area contributed by atoms with Crippen LogP contribution in [0.1, 0.15) is 31.9 Å². The van der Waals surface area contributed by atoms with E-state index in [1.807, 2.05) is 19.1 Å². The molecule has 0 spiro atoms. The fraction of sp³-hybridized carbons (Fsp3) is 0.500. The molecule has 0 aliphatic rings. The molecule has 0 heterocycles. The molecule has 0 atom stereocenters. The molecule has 0 bridgehead atoms. The third kappa shape index (κ3) is 3.35. The van der Waals surface area contributed by atoms with Crippen molar-refractivity contribution >= 4 is 43.5 Å². The summed E-state index contributed by atoms with van der Waals surface area (Å²) in [6.07, 6.45) is 0. The number of para-hydroxylation sites is 1. The van der Waals surface area contributed by atoms with E-state index < -0.39 is 0 Å². The zero-order valence-electron chi connectivity index (χ0n) is 11.3. The van der Waals surface area contributed by atoms with Crippen molar-refractivity contribution in [3.05, 3.63) is 29.3 Å². The monoisotopic (exact) mass is 375 g/mol. The normalized spacial score (nSPS) is 11.4. The Morgan fingerprint density at radius 2 is 1.89 bits per heavy atom. The number of alkyl halides is 2. The predicted octanol–water partition coefficient (Wildman–Crippen LogP) is 4.37. The van der Waals surface area contributed by atoms with E-state index in [0.29, 0.717) is 10.8 Å². The quantitative estimate of drug-likeness (QED) is 0.566. The molecule has 0 unspecified atom stereocenters. The van der Waals surface area contributed by atoms with Gasteiger partial charge in [0, 0.05) is 0 Å². The Balaban J connectivity index is 3.41. The number of aryl methyl sites for hydroxylation is 1. The van der Waals surface area contributed by atoms with Crippen LogP contribution in [-0.2, 0) is 10.2 Å². The molecule has 1 rings (SSSR count). The molecule has 1 aromatic rings. The first kappa shape index (κ1) is 15.7. The standard InChI is InChI=1S/C14H19Br2NO/c1-10-6-5-7-11(14(2,3)4)13(10)17(9-16)12(18)8-15/h5-7H,8-9H2,1-4H3. The lowest BCUT2D eigenvalue weighted by Crippen LogP contribution is -2.33. The molecule has 0 fully saturated rings. The number of halogens is 2. The summed E-state index contributed by atoms with van der Waals surface area (Å²) < 4.78 is 0. The number of nitrogens with zero attached hydrogens (tertiary/aromatic N) is 1. The molecule has 0 saturated heterocycles. The lowest BCUT2D eigenvalue weighted by molar-refractivity contribution is -0.115. The minimum absolute atomic E-state index is 0.00830. The van der Waals surface area contributed by atoms with Crippen LogP contribution < -0.4 is 4.90 Å². The molecule has 2 nitrogen and oxygen atoms in total.